The van der Waals surface area contributed by atoms with Crippen molar-refractivity contribution in [3.8, 4) is 0 Å². The zero-order valence-electron chi connectivity index (χ0n) is 18.7. The summed E-state index contributed by atoms with van der Waals surface area (Å²) in [5, 5.41) is 7.17. The van der Waals surface area contributed by atoms with E-state index < -0.39 is 28.5 Å². The fourth-order valence-corrected chi connectivity index (χ4v) is 5.38. The predicted octanol–water partition coefficient (Wildman–Crippen LogP) is 6.53. The van der Waals surface area contributed by atoms with Gasteiger partial charge in [0.15, 0.2) is 0 Å². The van der Waals surface area contributed by atoms with Crippen LogP contribution in [0.25, 0.3) is 0 Å². The lowest BCUT2D eigenvalue weighted by atomic mass is 9.77. The third kappa shape index (κ3) is 4.79. The molecule has 3 atom stereocenters. The number of hydrogen-bond donors (Lipinski definition) is 2. The molecule has 3 unspecified atom stereocenters. The van der Waals surface area contributed by atoms with Gasteiger partial charge in [0.25, 0.3) is 5.91 Å². The van der Waals surface area contributed by atoms with Crippen LogP contribution in [0.2, 0.25) is 10.0 Å². The lowest BCUT2D eigenvalue weighted by Gasteiger charge is -2.40. The Kier molecular flexibility index (Phi) is 7.28. The standard InChI is InChI=1S/C25H20BrCl2F3N4O/c1-14-9-17(11-21(26)22(14)34-23(36)15-3-2-4-20(32)10-15)24(25(29,30)31,35-13-19(28)12-33-35)16-5-7-18(27)8-6-16/h2-13,21-22H,32H2,1H3,(H,34,36). The number of carbonyl (C=O) groups is 1. The van der Waals surface area contributed by atoms with Crippen LogP contribution in [0.1, 0.15) is 22.8 Å². The summed E-state index contributed by atoms with van der Waals surface area (Å²) in [7, 11) is 0. The Hall–Kier alpha value is -2.75. The molecule has 1 aromatic heterocycles. The average Bonchev–Trinajstić information content (AvgIpc) is 3.23. The summed E-state index contributed by atoms with van der Waals surface area (Å²) in [5.41, 5.74) is 4.14. The van der Waals surface area contributed by atoms with Gasteiger partial charge in [-0.2, -0.15) is 18.3 Å². The molecule has 0 radical (unpaired) electrons. The maximum absolute atomic E-state index is 15.2. The molecule has 1 aliphatic rings. The minimum atomic E-state index is -4.83. The Morgan fingerprint density at radius 1 is 1.14 bits per heavy atom. The Balaban J connectivity index is 1.81. The van der Waals surface area contributed by atoms with Gasteiger partial charge in [-0.25, -0.2) is 4.68 Å². The van der Waals surface area contributed by atoms with E-state index in [1.54, 1.807) is 25.1 Å². The van der Waals surface area contributed by atoms with Gasteiger partial charge >= 0.3 is 6.18 Å². The van der Waals surface area contributed by atoms with Gasteiger partial charge in [-0.3, -0.25) is 4.79 Å². The zero-order chi connectivity index (χ0) is 26.3. The fourth-order valence-electron chi connectivity index (χ4n) is 4.29. The van der Waals surface area contributed by atoms with Gasteiger partial charge in [0.2, 0.25) is 5.54 Å². The van der Waals surface area contributed by atoms with Gasteiger partial charge < -0.3 is 11.1 Å². The van der Waals surface area contributed by atoms with E-state index in [0.29, 0.717) is 21.8 Å². The first-order chi connectivity index (χ1) is 16.9. The number of hydrogen-bond acceptors (Lipinski definition) is 3. The summed E-state index contributed by atoms with van der Waals surface area (Å²) < 4.78 is 46.3. The second kappa shape index (κ2) is 9.95. The number of alkyl halides is 4. The number of amides is 1. The molecule has 3 N–H and O–H groups in total. The predicted molar refractivity (Wildman–Crippen MR) is 138 cm³/mol. The zero-order valence-corrected chi connectivity index (χ0v) is 21.8. The maximum atomic E-state index is 15.2. The van der Waals surface area contributed by atoms with Crippen molar-refractivity contribution in [2.24, 2.45) is 0 Å². The minimum absolute atomic E-state index is 0.0531. The first kappa shape index (κ1) is 26.3. The van der Waals surface area contributed by atoms with E-state index in [2.05, 4.69) is 26.3 Å². The van der Waals surface area contributed by atoms with Crippen molar-refractivity contribution in [2.75, 3.05) is 5.73 Å². The highest BCUT2D eigenvalue weighted by atomic mass is 79.9. The molecule has 188 valence electrons. The van der Waals surface area contributed by atoms with Crippen LogP contribution in [-0.4, -0.2) is 32.7 Å². The number of carbonyl (C=O) groups excluding carboxylic acids is 1. The summed E-state index contributed by atoms with van der Waals surface area (Å²) >= 11 is 15.5. The molecule has 4 rings (SSSR count). The van der Waals surface area contributed by atoms with E-state index in [1.807, 2.05) is 0 Å². The molecule has 1 heterocycles. The number of anilines is 1. The van der Waals surface area contributed by atoms with Gasteiger partial charge in [0.05, 0.1) is 22.1 Å². The van der Waals surface area contributed by atoms with E-state index in [9.17, 15) is 4.79 Å². The second-order valence-electron chi connectivity index (χ2n) is 8.35. The Labute approximate surface area is 223 Å². The van der Waals surface area contributed by atoms with E-state index in [-0.39, 0.29) is 16.2 Å². The number of nitrogens with one attached hydrogen (secondary N) is 1. The Bertz CT molecular complexity index is 1350. The summed E-state index contributed by atoms with van der Waals surface area (Å²) in [6.45, 7) is 1.66. The number of rotatable bonds is 5. The molecule has 5 nitrogen and oxygen atoms in total. The quantitative estimate of drug-likeness (QED) is 0.259. The molecule has 1 amide bonds. The monoisotopic (exact) mass is 598 g/mol. The lowest BCUT2D eigenvalue weighted by Crippen LogP contribution is -2.52. The molecule has 0 fully saturated rings. The van der Waals surface area contributed by atoms with Gasteiger partial charge in [-0.05, 0) is 54.0 Å². The summed E-state index contributed by atoms with van der Waals surface area (Å²) in [4.78, 5) is 12.2. The molecule has 0 saturated carbocycles. The third-order valence-electron chi connectivity index (χ3n) is 5.95. The van der Waals surface area contributed by atoms with Crippen LogP contribution < -0.4 is 11.1 Å². The molecule has 11 heteroatoms. The highest BCUT2D eigenvalue weighted by molar-refractivity contribution is 9.09. The van der Waals surface area contributed by atoms with Crippen LogP contribution in [0.15, 0.2) is 84.2 Å². The number of nitrogen functional groups attached to an aromatic ring is 1. The van der Waals surface area contributed by atoms with E-state index >= 15 is 13.2 Å². The van der Waals surface area contributed by atoms with E-state index in [0.717, 1.165) is 17.1 Å². The van der Waals surface area contributed by atoms with Crippen molar-refractivity contribution in [3.05, 3.63) is 105 Å². The van der Waals surface area contributed by atoms with Crippen LogP contribution in [0.4, 0.5) is 18.9 Å². The van der Waals surface area contributed by atoms with Crippen LogP contribution in [0, 0.1) is 0 Å². The highest BCUT2D eigenvalue weighted by Crippen LogP contribution is 2.50. The Morgan fingerprint density at radius 3 is 2.39 bits per heavy atom. The van der Waals surface area contributed by atoms with Crippen molar-refractivity contribution in [3.63, 3.8) is 0 Å². The number of nitrogens with two attached hydrogens (primary N) is 1. The van der Waals surface area contributed by atoms with Crippen LogP contribution >= 0.6 is 39.1 Å². The van der Waals surface area contributed by atoms with Gasteiger partial charge in [0, 0.05) is 22.5 Å². The number of allylic oxidation sites excluding steroid dienone is 2. The van der Waals surface area contributed by atoms with Crippen molar-refractivity contribution in [1.82, 2.24) is 15.1 Å². The number of benzene rings is 2. The van der Waals surface area contributed by atoms with E-state index in [1.165, 1.54) is 42.5 Å². The van der Waals surface area contributed by atoms with Gasteiger partial charge in [-0.1, -0.05) is 69.5 Å². The van der Waals surface area contributed by atoms with Crippen molar-refractivity contribution in [2.45, 2.75) is 29.5 Å². The van der Waals surface area contributed by atoms with Crippen molar-refractivity contribution >= 4 is 50.7 Å². The summed E-state index contributed by atoms with van der Waals surface area (Å²) in [6, 6.07) is 11.2. The minimum Gasteiger partial charge on any atom is -0.399 e. The molecular weight excluding hydrogens is 580 g/mol. The first-order valence-corrected chi connectivity index (χ1v) is 12.3. The lowest BCUT2D eigenvalue weighted by molar-refractivity contribution is -0.189. The van der Waals surface area contributed by atoms with Crippen molar-refractivity contribution in [1.29, 1.82) is 0 Å². The summed E-state index contributed by atoms with van der Waals surface area (Å²) in [6.07, 6.45) is 0.292. The third-order valence-corrected chi connectivity index (χ3v) is 7.19. The first-order valence-electron chi connectivity index (χ1n) is 10.7. The molecule has 0 aliphatic heterocycles. The topological polar surface area (TPSA) is 72.9 Å². The average molecular weight is 600 g/mol. The number of halogens is 6. The van der Waals surface area contributed by atoms with Crippen LogP contribution in [-0.2, 0) is 5.54 Å². The highest BCUT2D eigenvalue weighted by Gasteiger charge is 2.61. The number of aromatic nitrogens is 2. The molecule has 2 aromatic carbocycles. The smallest absolute Gasteiger partial charge is 0.399 e. The molecule has 0 spiro atoms. The van der Waals surface area contributed by atoms with E-state index in [4.69, 9.17) is 28.9 Å². The fraction of sp³-hybridized carbons (Fsp3) is 0.200. The van der Waals surface area contributed by atoms with Crippen LogP contribution in [0.5, 0.6) is 0 Å². The molecular formula is C25H20BrCl2F3N4O. The summed E-state index contributed by atoms with van der Waals surface area (Å²) in [5.74, 6) is -0.403. The van der Waals surface area contributed by atoms with Crippen LogP contribution in [0.3, 0.4) is 0 Å². The molecule has 0 saturated heterocycles. The van der Waals surface area contributed by atoms with Crippen molar-refractivity contribution < 1.29 is 18.0 Å². The molecule has 0 bridgehead atoms. The van der Waals surface area contributed by atoms with Gasteiger partial charge in [0.1, 0.15) is 0 Å². The number of nitrogens with zero attached hydrogens (tertiary/aromatic N) is 2. The Morgan fingerprint density at radius 2 is 1.83 bits per heavy atom. The molecule has 36 heavy (non-hydrogen) atoms. The molecule has 1 aliphatic carbocycles. The normalized spacial score (nSPS) is 19.8. The van der Waals surface area contributed by atoms with Gasteiger partial charge in [-0.15, -0.1) is 0 Å². The maximum Gasteiger partial charge on any atom is 0.422 e. The largest absolute Gasteiger partial charge is 0.422 e. The SMILES string of the molecule is CC1=CC(C(c2ccc(Cl)cc2)(n2cc(Cl)cn2)C(F)(F)F)=CC(Br)C1NC(=O)c1cccc(N)c1. The second-order valence-corrected chi connectivity index (χ2v) is 10.3. The molecule has 3 aromatic rings.